The number of aryl methyl sites for hydroxylation is 2. The second-order valence-electron chi connectivity index (χ2n) is 4.30. The highest BCUT2D eigenvalue weighted by atomic mass is 16.1. The molecule has 1 aliphatic rings. The van der Waals surface area contributed by atoms with Crippen LogP contribution in [0.4, 0.5) is 0 Å². The van der Waals surface area contributed by atoms with E-state index in [2.05, 4.69) is 6.07 Å². The summed E-state index contributed by atoms with van der Waals surface area (Å²) in [5, 5.41) is 0. The molecule has 0 radical (unpaired) electrons. The van der Waals surface area contributed by atoms with Crippen molar-refractivity contribution in [2.75, 3.05) is 0 Å². The fourth-order valence-electron chi connectivity index (χ4n) is 1.91. The Morgan fingerprint density at radius 2 is 1.93 bits per heavy atom. The molecule has 0 bridgehead atoms. The Balaban J connectivity index is 2.53. The largest absolute Gasteiger partial charge is 0.321 e. The lowest BCUT2D eigenvalue weighted by Gasteiger charge is -2.14. The lowest BCUT2D eigenvalue weighted by atomic mass is 9.95. The second-order valence-corrected chi connectivity index (χ2v) is 4.30. The minimum absolute atomic E-state index is 0.101. The first-order chi connectivity index (χ1) is 6.57. The molecular formula is C12H15NO. The quantitative estimate of drug-likeness (QED) is 0.724. The normalized spacial score (nSPS) is 17.9. The molecule has 1 fully saturated rings. The van der Waals surface area contributed by atoms with Gasteiger partial charge < -0.3 is 5.73 Å². The average Bonchev–Trinajstić information content (AvgIpc) is 2.88. The van der Waals surface area contributed by atoms with Crippen molar-refractivity contribution in [1.82, 2.24) is 0 Å². The summed E-state index contributed by atoms with van der Waals surface area (Å²) in [4.78, 5) is 10.7. The predicted octanol–water partition coefficient (Wildman–Crippen LogP) is 2.06. The zero-order valence-corrected chi connectivity index (χ0v) is 8.63. The molecule has 0 aliphatic heterocycles. The summed E-state index contributed by atoms with van der Waals surface area (Å²) in [6.07, 6.45) is 3.03. The molecule has 1 aromatic carbocycles. The van der Waals surface area contributed by atoms with E-state index < -0.39 is 0 Å². The SMILES string of the molecule is Cc1cc(C2(N)CC2)c(C)cc1C=O. The van der Waals surface area contributed by atoms with Gasteiger partial charge in [0, 0.05) is 11.1 Å². The van der Waals surface area contributed by atoms with Crippen molar-refractivity contribution in [2.24, 2.45) is 5.73 Å². The summed E-state index contributed by atoms with van der Waals surface area (Å²) >= 11 is 0. The molecule has 14 heavy (non-hydrogen) atoms. The summed E-state index contributed by atoms with van der Waals surface area (Å²) < 4.78 is 0. The van der Waals surface area contributed by atoms with E-state index in [1.165, 1.54) is 5.56 Å². The highest BCUT2D eigenvalue weighted by Gasteiger charge is 2.41. The topological polar surface area (TPSA) is 43.1 Å². The molecule has 2 N–H and O–H groups in total. The number of carbonyl (C=O) groups is 1. The third kappa shape index (κ3) is 1.36. The van der Waals surface area contributed by atoms with Crippen molar-refractivity contribution in [3.63, 3.8) is 0 Å². The number of hydrogen-bond acceptors (Lipinski definition) is 2. The van der Waals surface area contributed by atoms with Crippen LogP contribution < -0.4 is 5.73 Å². The number of carbonyl (C=O) groups excluding carboxylic acids is 1. The second kappa shape index (κ2) is 2.92. The molecule has 0 atom stereocenters. The molecule has 0 heterocycles. The molecule has 0 aromatic heterocycles. The number of aldehydes is 1. The minimum atomic E-state index is -0.101. The monoisotopic (exact) mass is 189 g/mol. The zero-order chi connectivity index (χ0) is 10.3. The lowest BCUT2D eigenvalue weighted by Crippen LogP contribution is -2.20. The first-order valence-electron chi connectivity index (χ1n) is 4.92. The molecule has 0 spiro atoms. The van der Waals surface area contributed by atoms with Crippen molar-refractivity contribution in [1.29, 1.82) is 0 Å². The maximum absolute atomic E-state index is 10.7. The molecule has 0 amide bonds. The van der Waals surface area contributed by atoms with Crippen LogP contribution in [0.5, 0.6) is 0 Å². The van der Waals surface area contributed by atoms with Crippen molar-refractivity contribution in [2.45, 2.75) is 32.2 Å². The summed E-state index contributed by atoms with van der Waals surface area (Å²) in [5.74, 6) is 0. The van der Waals surface area contributed by atoms with Crippen LogP contribution in [0, 0.1) is 13.8 Å². The Morgan fingerprint density at radius 3 is 2.43 bits per heavy atom. The number of hydrogen-bond donors (Lipinski definition) is 1. The van der Waals surface area contributed by atoms with E-state index in [0.29, 0.717) is 0 Å². The van der Waals surface area contributed by atoms with E-state index in [1.54, 1.807) is 0 Å². The summed E-state index contributed by atoms with van der Waals surface area (Å²) in [6, 6.07) is 4.00. The van der Waals surface area contributed by atoms with Gasteiger partial charge in [0.15, 0.2) is 0 Å². The molecule has 1 saturated carbocycles. The first-order valence-corrected chi connectivity index (χ1v) is 4.92. The average molecular weight is 189 g/mol. The van der Waals surface area contributed by atoms with E-state index in [4.69, 9.17) is 5.73 Å². The van der Waals surface area contributed by atoms with Crippen LogP contribution in [-0.2, 0) is 5.54 Å². The Morgan fingerprint density at radius 1 is 1.29 bits per heavy atom. The van der Waals surface area contributed by atoms with Crippen LogP contribution in [0.1, 0.15) is 39.9 Å². The molecule has 2 nitrogen and oxygen atoms in total. The van der Waals surface area contributed by atoms with Crippen LogP contribution >= 0.6 is 0 Å². The van der Waals surface area contributed by atoms with Crippen LogP contribution in [0.2, 0.25) is 0 Å². The lowest BCUT2D eigenvalue weighted by molar-refractivity contribution is 0.112. The fourth-order valence-corrected chi connectivity index (χ4v) is 1.91. The van der Waals surface area contributed by atoms with Crippen LogP contribution in [0.25, 0.3) is 0 Å². The fraction of sp³-hybridized carbons (Fsp3) is 0.417. The van der Waals surface area contributed by atoms with Gasteiger partial charge in [-0.1, -0.05) is 6.07 Å². The highest BCUT2D eigenvalue weighted by Crippen LogP contribution is 2.44. The Kier molecular flexibility index (Phi) is 1.96. The molecule has 74 valence electrons. The Bertz CT molecular complexity index is 392. The van der Waals surface area contributed by atoms with Crippen LogP contribution in [0.15, 0.2) is 12.1 Å². The molecular weight excluding hydrogens is 174 g/mol. The van der Waals surface area contributed by atoms with Gasteiger partial charge in [-0.25, -0.2) is 0 Å². The summed E-state index contributed by atoms with van der Waals surface area (Å²) in [5.41, 5.74) is 10.2. The highest BCUT2D eigenvalue weighted by molar-refractivity contribution is 5.78. The van der Waals surface area contributed by atoms with Gasteiger partial charge in [-0.05, 0) is 49.4 Å². The predicted molar refractivity (Wildman–Crippen MR) is 56.4 cm³/mol. The van der Waals surface area contributed by atoms with E-state index in [0.717, 1.165) is 35.8 Å². The van der Waals surface area contributed by atoms with Gasteiger partial charge in [-0.15, -0.1) is 0 Å². The van der Waals surface area contributed by atoms with E-state index in [9.17, 15) is 4.79 Å². The van der Waals surface area contributed by atoms with Gasteiger partial charge in [-0.2, -0.15) is 0 Å². The van der Waals surface area contributed by atoms with Crippen molar-refractivity contribution in [3.05, 3.63) is 34.4 Å². The van der Waals surface area contributed by atoms with Gasteiger partial charge >= 0.3 is 0 Å². The zero-order valence-electron chi connectivity index (χ0n) is 8.63. The Labute approximate surface area is 84.1 Å². The third-order valence-electron chi connectivity index (χ3n) is 3.07. The molecule has 0 saturated heterocycles. The van der Waals surface area contributed by atoms with Crippen molar-refractivity contribution in [3.8, 4) is 0 Å². The molecule has 2 rings (SSSR count). The maximum atomic E-state index is 10.7. The van der Waals surface area contributed by atoms with Gasteiger partial charge in [0.1, 0.15) is 6.29 Å². The number of nitrogens with two attached hydrogens (primary N) is 1. The molecule has 1 aromatic rings. The molecule has 0 unspecified atom stereocenters. The van der Waals surface area contributed by atoms with Gasteiger partial charge in [0.25, 0.3) is 0 Å². The molecule has 1 aliphatic carbocycles. The van der Waals surface area contributed by atoms with Gasteiger partial charge in [0.2, 0.25) is 0 Å². The summed E-state index contributed by atoms with van der Waals surface area (Å²) in [6.45, 7) is 3.98. The summed E-state index contributed by atoms with van der Waals surface area (Å²) in [7, 11) is 0. The van der Waals surface area contributed by atoms with E-state index in [1.807, 2.05) is 19.9 Å². The standard InChI is InChI=1S/C12H15NO/c1-8-6-11(12(13)3-4-12)9(2)5-10(8)7-14/h5-7H,3-4,13H2,1-2H3. The Hall–Kier alpha value is -1.15. The smallest absolute Gasteiger partial charge is 0.150 e. The first kappa shape index (κ1) is 9.41. The van der Waals surface area contributed by atoms with Crippen LogP contribution in [0.3, 0.4) is 0 Å². The number of rotatable bonds is 2. The van der Waals surface area contributed by atoms with E-state index in [-0.39, 0.29) is 5.54 Å². The number of benzene rings is 1. The maximum Gasteiger partial charge on any atom is 0.150 e. The van der Waals surface area contributed by atoms with Crippen molar-refractivity contribution < 1.29 is 4.79 Å². The van der Waals surface area contributed by atoms with Gasteiger partial charge in [-0.3, -0.25) is 4.79 Å². The third-order valence-corrected chi connectivity index (χ3v) is 3.07. The van der Waals surface area contributed by atoms with Crippen molar-refractivity contribution >= 4 is 6.29 Å². The van der Waals surface area contributed by atoms with E-state index >= 15 is 0 Å². The molecule has 2 heteroatoms. The van der Waals surface area contributed by atoms with Crippen LogP contribution in [-0.4, -0.2) is 6.29 Å². The van der Waals surface area contributed by atoms with Gasteiger partial charge in [0.05, 0.1) is 0 Å². The minimum Gasteiger partial charge on any atom is -0.321 e.